The van der Waals surface area contributed by atoms with Gasteiger partial charge in [-0.05, 0) is 31.5 Å². The van der Waals surface area contributed by atoms with Gasteiger partial charge < -0.3 is 14.8 Å². The SMILES string of the molecule is COC(=O)c1c(NC(=O)COC(=O)CSc2ccccc2F)sc(C)c1C. The van der Waals surface area contributed by atoms with Crippen LogP contribution in [0.4, 0.5) is 9.39 Å². The van der Waals surface area contributed by atoms with Gasteiger partial charge in [-0.15, -0.1) is 23.1 Å². The number of thioether (sulfide) groups is 1. The molecule has 0 aliphatic carbocycles. The van der Waals surface area contributed by atoms with Crippen molar-refractivity contribution in [2.24, 2.45) is 0 Å². The number of carbonyl (C=O) groups is 3. The average Bonchev–Trinajstić information content (AvgIpc) is 2.92. The zero-order valence-corrected chi connectivity index (χ0v) is 16.6. The van der Waals surface area contributed by atoms with Gasteiger partial charge >= 0.3 is 11.9 Å². The van der Waals surface area contributed by atoms with Crippen molar-refractivity contribution in [3.63, 3.8) is 0 Å². The Kier molecular flexibility index (Phi) is 7.37. The van der Waals surface area contributed by atoms with Crippen LogP contribution in [-0.4, -0.2) is 37.3 Å². The minimum Gasteiger partial charge on any atom is -0.465 e. The molecule has 0 unspecified atom stereocenters. The van der Waals surface area contributed by atoms with Crippen molar-refractivity contribution in [1.82, 2.24) is 0 Å². The molecule has 1 aromatic carbocycles. The maximum Gasteiger partial charge on any atom is 0.341 e. The number of esters is 2. The van der Waals surface area contributed by atoms with Gasteiger partial charge in [-0.3, -0.25) is 9.59 Å². The second-order valence-corrected chi connectivity index (χ2v) is 7.65. The molecule has 0 radical (unpaired) electrons. The number of benzene rings is 1. The number of hydrogen-bond acceptors (Lipinski definition) is 7. The van der Waals surface area contributed by atoms with Crippen LogP contribution >= 0.6 is 23.1 Å². The summed E-state index contributed by atoms with van der Waals surface area (Å²) < 4.78 is 23.1. The first-order chi connectivity index (χ1) is 12.8. The Morgan fingerprint density at radius 3 is 2.59 bits per heavy atom. The van der Waals surface area contributed by atoms with Crippen LogP contribution in [0.5, 0.6) is 0 Å². The normalized spacial score (nSPS) is 10.4. The van der Waals surface area contributed by atoms with Gasteiger partial charge in [-0.25, -0.2) is 9.18 Å². The topological polar surface area (TPSA) is 81.7 Å². The number of rotatable bonds is 7. The summed E-state index contributed by atoms with van der Waals surface area (Å²) in [4.78, 5) is 36.8. The number of ether oxygens (including phenoxy) is 2. The van der Waals surface area contributed by atoms with Crippen LogP contribution in [0.3, 0.4) is 0 Å². The van der Waals surface area contributed by atoms with E-state index in [1.807, 2.05) is 6.92 Å². The smallest absolute Gasteiger partial charge is 0.341 e. The fourth-order valence-electron chi connectivity index (χ4n) is 2.11. The lowest BCUT2D eigenvalue weighted by Crippen LogP contribution is -2.22. The number of hydrogen-bond donors (Lipinski definition) is 1. The van der Waals surface area contributed by atoms with E-state index < -0.39 is 30.3 Å². The molecule has 1 heterocycles. The second-order valence-electron chi connectivity index (χ2n) is 5.41. The van der Waals surface area contributed by atoms with E-state index in [-0.39, 0.29) is 11.3 Å². The van der Waals surface area contributed by atoms with Crippen molar-refractivity contribution in [1.29, 1.82) is 0 Å². The van der Waals surface area contributed by atoms with Crippen LogP contribution in [0, 0.1) is 19.7 Å². The Labute approximate surface area is 164 Å². The van der Waals surface area contributed by atoms with E-state index in [1.165, 1.54) is 24.5 Å². The van der Waals surface area contributed by atoms with E-state index in [0.717, 1.165) is 22.2 Å². The van der Waals surface area contributed by atoms with Crippen LogP contribution in [0.15, 0.2) is 29.2 Å². The van der Waals surface area contributed by atoms with Gasteiger partial charge in [0.2, 0.25) is 0 Å². The first kappa shape index (κ1) is 20.9. The van der Waals surface area contributed by atoms with Crippen LogP contribution in [0.25, 0.3) is 0 Å². The Hall–Kier alpha value is -2.39. The minimum atomic E-state index is -0.648. The number of nitrogens with one attached hydrogen (secondary N) is 1. The molecule has 2 rings (SSSR count). The van der Waals surface area contributed by atoms with Crippen LogP contribution < -0.4 is 5.32 Å². The van der Waals surface area contributed by atoms with Crippen molar-refractivity contribution in [3.8, 4) is 0 Å². The minimum absolute atomic E-state index is 0.126. The monoisotopic (exact) mass is 411 g/mol. The third-order valence-corrected chi connectivity index (χ3v) is 5.72. The quantitative estimate of drug-likeness (QED) is 0.554. The molecule has 0 saturated carbocycles. The first-order valence-electron chi connectivity index (χ1n) is 7.84. The lowest BCUT2D eigenvalue weighted by Gasteiger charge is -2.07. The zero-order valence-electron chi connectivity index (χ0n) is 15.0. The van der Waals surface area contributed by atoms with Crippen molar-refractivity contribution < 1.29 is 28.2 Å². The molecular weight excluding hydrogens is 393 g/mol. The third kappa shape index (κ3) is 5.54. The second kappa shape index (κ2) is 9.52. The number of aryl methyl sites for hydroxylation is 1. The number of amides is 1. The highest BCUT2D eigenvalue weighted by atomic mass is 32.2. The van der Waals surface area contributed by atoms with Gasteiger partial charge in [0.1, 0.15) is 10.8 Å². The highest BCUT2D eigenvalue weighted by Crippen LogP contribution is 2.32. The number of methoxy groups -OCH3 is 1. The summed E-state index contributed by atoms with van der Waals surface area (Å²) in [6.07, 6.45) is 0. The van der Waals surface area contributed by atoms with Crippen molar-refractivity contribution in [3.05, 3.63) is 46.1 Å². The number of halogens is 1. The summed E-state index contributed by atoms with van der Waals surface area (Å²) >= 11 is 2.22. The molecule has 2 aromatic rings. The van der Waals surface area contributed by atoms with E-state index in [4.69, 9.17) is 9.47 Å². The molecule has 0 aliphatic heterocycles. The molecule has 0 spiro atoms. The predicted octanol–water partition coefficient (Wildman–Crippen LogP) is 3.56. The molecule has 0 saturated heterocycles. The molecule has 1 N–H and O–H groups in total. The molecular formula is C18H18FNO5S2. The van der Waals surface area contributed by atoms with E-state index >= 15 is 0 Å². The van der Waals surface area contributed by atoms with Crippen molar-refractivity contribution in [2.75, 3.05) is 24.8 Å². The number of thiophene rings is 1. The van der Waals surface area contributed by atoms with Crippen LogP contribution in [-0.2, 0) is 19.1 Å². The molecule has 27 heavy (non-hydrogen) atoms. The molecule has 0 bridgehead atoms. The predicted molar refractivity (Wildman–Crippen MR) is 102 cm³/mol. The molecule has 0 fully saturated rings. The fourth-order valence-corrected chi connectivity index (χ4v) is 3.91. The van der Waals surface area contributed by atoms with E-state index in [0.29, 0.717) is 9.90 Å². The first-order valence-corrected chi connectivity index (χ1v) is 9.64. The van der Waals surface area contributed by atoms with Gasteiger partial charge in [-0.1, -0.05) is 12.1 Å². The van der Waals surface area contributed by atoms with Gasteiger partial charge in [0.25, 0.3) is 5.91 Å². The summed E-state index contributed by atoms with van der Waals surface area (Å²) in [5, 5.41) is 2.91. The van der Waals surface area contributed by atoms with Crippen molar-refractivity contribution >= 4 is 45.9 Å². The molecule has 1 aromatic heterocycles. The molecule has 9 heteroatoms. The highest BCUT2D eigenvalue weighted by molar-refractivity contribution is 8.00. The van der Waals surface area contributed by atoms with Crippen LogP contribution in [0.1, 0.15) is 20.8 Å². The largest absolute Gasteiger partial charge is 0.465 e. The number of carbonyl (C=O) groups excluding carboxylic acids is 3. The van der Waals surface area contributed by atoms with E-state index in [9.17, 15) is 18.8 Å². The lowest BCUT2D eigenvalue weighted by molar-refractivity contribution is -0.144. The average molecular weight is 411 g/mol. The Bertz CT molecular complexity index is 865. The Morgan fingerprint density at radius 1 is 1.22 bits per heavy atom. The van der Waals surface area contributed by atoms with Gasteiger partial charge in [0.05, 0.1) is 18.4 Å². The van der Waals surface area contributed by atoms with E-state index in [2.05, 4.69) is 5.32 Å². The maximum absolute atomic E-state index is 13.5. The maximum atomic E-state index is 13.5. The molecule has 6 nitrogen and oxygen atoms in total. The fraction of sp³-hybridized carbons (Fsp3) is 0.278. The molecule has 0 aliphatic rings. The summed E-state index contributed by atoms with van der Waals surface area (Å²) in [6, 6.07) is 6.06. The summed E-state index contributed by atoms with van der Waals surface area (Å²) in [7, 11) is 1.26. The molecule has 144 valence electrons. The zero-order chi connectivity index (χ0) is 20.0. The summed E-state index contributed by atoms with van der Waals surface area (Å²) in [6.45, 7) is 3.07. The molecule has 0 atom stereocenters. The van der Waals surface area contributed by atoms with E-state index in [1.54, 1.807) is 25.1 Å². The van der Waals surface area contributed by atoms with Crippen molar-refractivity contribution in [2.45, 2.75) is 18.7 Å². The van der Waals surface area contributed by atoms with Crippen LogP contribution in [0.2, 0.25) is 0 Å². The highest BCUT2D eigenvalue weighted by Gasteiger charge is 2.22. The lowest BCUT2D eigenvalue weighted by atomic mass is 10.1. The third-order valence-electron chi connectivity index (χ3n) is 3.57. The summed E-state index contributed by atoms with van der Waals surface area (Å²) in [5.74, 6) is -2.33. The Morgan fingerprint density at radius 2 is 1.93 bits per heavy atom. The van der Waals surface area contributed by atoms with Gasteiger partial charge in [-0.2, -0.15) is 0 Å². The standard InChI is InChI=1S/C18H18FNO5S2/c1-10-11(2)27-17(16(10)18(23)24-3)20-14(21)8-25-15(22)9-26-13-7-5-4-6-12(13)19/h4-7H,8-9H2,1-3H3,(H,20,21). The van der Waals surface area contributed by atoms with Gasteiger partial charge in [0, 0.05) is 9.77 Å². The Balaban J connectivity index is 1.88. The number of anilines is 1. The summed E-state index contributed by atoms with van der Waals surface area (Å²) in [5.41, 5.74) is 1.01. The van der Waals surface area contributed by atoms with Gasteiger partial charge in [0.15, 0.2) is 6.61 Å². The molecule has 1 amide bonds.